The fourth-order valence-corrected chi connectivity index (χ4v) is 2.59. The largest absolute Gasteiger partial charge is 0.466 e. The molecule has 0 aromatic rings. The Bertz CT molecular complexity index is 439. The zero-order chi connectivity index (χ0) is 15.8. The van der Waals surface area contributed by atoms with Crippen LogP contribution in [0.3, 0.4) is 0 Å². The second-order valence-corrected chi connectivity index (χ2v) is 6.27. The van der Waals surface area contributed by atoms with Crippen molar-refractivity contribution in [2.75, 3.05) is 13.7 Å². The van der Waals surface area contributed by atoms with Gasteiger partial charge in [0.1, 0.15) is 18.3 Å². The maximum absolute atomic E-state index is 11.5. The highest BCUT2D eigenvalue weighted by molar-refractivity contribution is 5.87. The van der Waals surface area contributed by atoms with E-state index in [1.807, 2.05) is 27.7 Å². The van der Waals surface area contributed by atoms with Crippen LogP contribution in [0.2, 0.25) is 0 Å². The van der Waals surface area contributed by atoms with Gasteiger partial charge >= 0.3 is 5.97 Å². The van der Waals surface area contributed by atoms with Gasteiger partial charge in [-0.2, -0.15) is 0 Å². The van der Waals surface area contributed by atoms with E-state index in [1.165, 1.54) is 7.11 Å². The first kappa shape index (κ1) is 16.4. The Hall–Kier alpha value is -0.950. The van der Waals surface area contributed by atoms with Gasteiger partial charge in [0.05, 0.1) is 13.7 Å². The van der Waals surface area contributed by atoms with Gasteiger partial charge < -0.3 is 23.7 Å². The summed E-state index contributed by atoms with van der Waals surface area (Å²) in [5, 5.41) is 0. The number of methoxy groups -OCH3 is 1. The third-order valence-corrected chi connectivity index (χ3v) is 3.48. The van der Waals surface area contributed by atoms with Gasteiger partial charge in [0.15, 0.2) is 11.6 Å². The molecule has 0 spiro atoms. The van der Waals surface area contributed by atoms with E-state index in [0.29, 0.717) is 12.2 Å². The summed E-state index contributed by atoms with van der Waals surface area (Å²) in [4.78, 5) is 11.5. The first-order valence-electron chi connectivity index (χ1n) is 7.08. The van der Waals surface area contributed by atoms with Crippen LogP contribution in [0.5, 0.6) is 0 Å². The Balaban J connectivity index is 2.16. The molecule has 0 saturated carbocycles. The van der Waals surface area contributed by atoms with Crippen molar-refractivity contribution in [3.63, 3.8) is 0 Å². The summed E-state index contributed by atoms with van der Waals surface area (Å²) in [6.07, 6.45) is 0.761. The Kier molecular flexibility index (Phi) is 4.44. The van der Waals surface area contributed by atoms with Crippen LogP contribution in [0.1, 0.15) is 34.6 Å². The van der Waals surface area contributed by atoms with Gasteiger partial charge in [0.2, 0.25) is 0 Å². The van der Waals surface area contributed by atoms with Crippen LogP contribution in [-0.4, -0.2) is 49.6 Å². The summed E-state index contributed by atoms with van der Waals surface area (Å²) in [7, 11) is 1.35. The van der Waals surface area contributed by atoms with Crippen molar-refractivity contribution in [3.8, 4) is 0 Å². The molecule has 6 nitrogen and oxygen atoms in total. The highest BCUT2D eigenvalue weighted by atomic mass is 16.8. The Morgan fingerprint density at radius 1 is 1.14 bits per heavy atom. The number of hydrogen-bond acceptors (Lipinski definition) is 6. The minimum absolute atomic E-state index is 0.242. The van der Waals surface area contributed by atoms with E-state index in [1.54, 1.807) is 13.0 Å². The second kappa shape index (κ2) is 5.68. The molecule has 21 heavy (non-hydrogen) atoms. The lowest BCUT2D eigenvalue weighted by Crippen LogP contribution is -2.37. The third-order valence-electron chi connectivity index (χ3n) is 3.48. The van der Waals surface area contributed by atoms with Gasteiger partial charge in [0, 0.05) is 5.57 Å². The van der Waals surface area contributed by atoms with Crippen molar-refractivity contribution in [3.05, 3.63) is 11.6 Å². The molecule has 6 heteroatoms. The summed E-state index contributed by atoms with van der Waals surface area (Å²) in [5.74, 6) is -1.75. The summed E-state index contributed by atoms with van der Waals surface area (Å²) < 4.78 is 27.9. The summed E-state index contributed by atoms with van der Waals surface area (Å²) >= 11 is 0. The van der Waals surface area contributed by atoms with Crippen LogP contribution in [0, 0.1) is 0 Å². The zero-order valence-corrected chi connectivity index (χ0v) is 13.5. The first-order chi connectivity index (χ1) is 9.63. The van der Waals surface area contributed by atoms with E-state index in [0.717, 1.165) is 0 Å². The molecule has 0 radical (unpaired) electrons. The molecular formula is C15H24O6. The lowest BCUT2D eigenvalue weighted by Gasteiger charge is -2.23. The average molecular weight is 300 g/mol. The van der Waals surface area contributed by atoms with E-state index < -0.39 is 11.6 Å². The molecule has 0 unspecified atom stereocenters. The molecule has 2 aliphatic rings. The lowest BCUT2D eigenvalue weighted by atomic mass is 10.1. The smallest absolute Gasteiger partial charge is 0.333 e. The molecule has 0 aromatic heterocycles. The standard InChI is InChI=1S/C15H24O6/c1-9(13(16)17-6)7-10-12(21-15(4,5)19-10)11-8-18-14(2,3)20-11/h7,10-12H,8H2,1-6H3/b9-7-/t10-,11-,12+/m1/s1. The van der Waals surface area contributed by atoms with Crippen LogP contribution >= 0.6 is 0 Å². The summed E-state index contributed by atoms with van der Waals surface area (Å²) in [6.45, 7) is 9.51. The fraction of sp³-hybridized carbons (Fsp3) is 0.800. The van der Waals surface area contributed by atoms with Gasteiger partial charge in [-0.05, 0) is 40.7 Å². The van der Waals surface area contributed by atoms with Crippen molar-refractivity contribution in [2.45, 2.75) is 64.5 Å². The molecule has 0 N–H and O–H groups in total. The molecule has 2 aliphatic heterocycles. The van der Waals surface area contributed by atoms with Crippen LogP contribution in [-0.2, 0) is 28.5 Å². The molecule has 2 saturated heterocycles. The van der Waals surface area contributed by atoms with Crippen molar-refractivity contribution >= 4 is 5.97 Å². The van der Waals surface area contributed by atoms with Gasteiger partial charge in [0.25, 0.3) is 0 Å². The predicted octanol–water partition coefficient (Wildman–Crippen LogP) is 1.78. The Morgan fingerprint density at radius 2 is 1.81 bits per heavy atom. The van der Waals surface area contributed by atoms with Crippen LogP contribution in [0.25, 0.3) is 0 Å². The SMILES string of the molecule is COC(=O)/C(C)=C\[C@H]1OC(C)(C)O[C@@H]1[C@H]1COC(C)(C)O1. The third kappa shape index (κ3) is 3.83. The quantitative estimate of drug-likeness (QED) is 0.585. The molecule has 2 fully saturated rings. The molecule has 2 heterocycles. The van der Waals surface area contributed by atoms with Crippen molar-refractivity contribution in [1.29, 1.82) is 0 Å². The maximum Gasteiger partial charge on any atom is 0.333 e. The van der Waals surface area contributed by atoms with E-state index in [9.17, 15) is 4.79 Å². The highest BCUT2D eigenvalue weighted by Crippen LogP contribution is 2.36. The van der Waals surface area contributed by atoms with E-state index >= 15 is 0 Å². The van der Waals surface area contributed by atoms with Gasteiger partial charge in [-0.15, -0.1) is 0 Å². The molecule has 0 aliphatic carbocycles. The van der Waals surface area contributed by atoms with Crippen LogP contribution in [0.4, 0.5) is 0 Å². The normalized spacial score (nSPS) is 35.0. The van der Waals surface area contributed by atoms with Crippen molar-refractivity contribution < 1.29 is 28.5 Å². The minimum atomic E-state index is -0.738. The number of hydrogen-bond donors (Lipinski definition) is 0. The molecule has 3 atom stereocenters. The average Bonchev–Trinajstić information content (AvgIpc) is 2.87. The van der Waals surface area contributed by atoms with Crippen LogP contribution in [0.15, 0.2) is 11.6 Å². The van der Waals surface area contributed by atoms with E-state index in [-0.39, 0.29) is 24.3 Å². The number of rotatable bonds is 3. The zero-order valence-electron chi connectivity index (χ0n) is 13.5. The van der Waals surface area contributed by atoms with Gasteiger partial charge in [-0.1, -0.05) is 0 Å². The molecule has 0 amide bonds. The lowest BCUT2D eigenvalue weighted by molar-refractivity contribution is -0.174. The van der Waals surface area contributed by atoms with Gasteiger partial charge in [-0.3, -0.25) is 0 Å². The number of ether oxygens (including phenoxy) is 5. The fourth-order valence-electron chi connectivity index (χ4n) is 2.59. The second-order valence-electron chi connectivity index (χ2n) is 6.27. The topological polar surface area (TPSA) is 63.2 Å². The molecule has 120 valence electrons. The molecule has 0 aromatic carbocycles. The molecular weight excluding hydrogens is 276 g/mol. The van der Waals surface area contributed by atoms with Crippen LogP contribution < -0.4 is 0 Å². The number of esters is 1. The van der Waals surface area contributed by atoms with E-state index in [4.69, 9.17) is 23.7 Å². The monoisotopic (exact) mass is 300 g/mol. The molecule has 2 rings (SSSR count). The summed E-state index contributed by atoms with van der Waals surface area (Å²) in [5.41, 5.74) is 0.479. The number of carbonyl (C=O) groups is 1. The van der Waals surface area contributed by atoms with Crippen molar-refractivity contribution in [2.24, 2.45) is 0 Å². The predicted molar refractivity (Wildman–Crippen MR) is 74.5 cm³/mol. The van der Waals surface area contributed by atoms with Crippen molar-refractivity contribution in [1.82, 2.24) is 0 Å². The highest BCUT2D eigenvalue weighted by Gasteiger charge is 2.49. The van der Waals surface area contributed by atoms with Gasteiger partial charge in [-0.25, -0.2) is 4.79 Å². The minimum Gasteiger partial charge on any atom is -0.466 e. The number of carbonyl (C=O) groups excluding carboxylic acids is 1. The van der Waals surface area contributed by atoms with E-state index in [2.05, 4.69) is 0 Å². The first-order valence-corrected chi connectivity index (χ1v) is 7.08. The summed E-state index contributed by atoms with van der Waals surface area (Å²) in [6, 6.07) is 0. The Labute approximate surface area is 125 Å². The Morgan fingerprint density at radius 3 is 2.33 bits per heavy atom. The maximum atomic E-state index is 11.5. The molecule has 0 bridgehead atoms.